The minimum absolute atomic E-state index is 0.222. The molecule has 1 aromatic rings. The van der Waals surface area contributed by atoms with E-state index in [1.165, 1.54) is 38.5 Å². The number of rotatable bonds is 14. The van der Waals surface area contributed by atoms with E-state index < -0.39 is 0 Å². The van der Waals surface area contributed by atoms with Gasteiger partial charge in [0, 0.05) is 12.8 Å². The number of carbonyl (C=O) groups excluding carboxylic acids is 2. The van der Waals surface area contributed by atoms with Gasteiger partial charge in [0.2, 0.25) is 0 Å². The monoisotopic (exact) mass is 376 g/mol. The van der Waals surface area contributed by atoms with Gasteiger partial charge in [0.25, 0.3) is 0 Å². The Morgan fingerprint density at radius 3 is 2.15 bits per heavy atom. The molecule has 0 amide bonds. The van der Waals surface area contributed by atoms with Crippen LogP contribution < -0.4 is 4.74 Å². The minimum atomic E-state index is -0.306. The average Bonchev–Trinajstić information content (AvgIpc) is 2.63. The molecule has 0 saturated carbocycles. The first kappa shape index (κ1) is 23.2. The quantitative estimate of drug-likeness (QED) is 0.225. The van der Waals surface area contributed by atoms with Crippen LogP contribution in [-0.2, 0) is 14.3 Å². The Hall–Kier alpha value is -1.84. The first-order valence-corrected chi connectivity index (χ1v) is 10.5. The predicted molar refractivity (Wildman–Crippen MR) is 109 cm³/mol. The molecule has 0 radical (unpaired) electrons. The van der Waals surface area contributed by atoms with E-state index in [4.69, 9.17) is 9.47 Å². The maximum atomic E-state index is 11.9. The smallest absolute Gasteiger partial charge is 0.311 e. The fourth-order valence-electron chi connectivity index (χ4n) is 2.86. The topological polar surface area (TPSA) is 52.6 Å². The molecule has 0 saturated heterocycles. The highest BCUT2D eigenvalue weighted by Gasteiger charge is 2.10. The van der Waals surface area contributed by atoms with Crippen LogP contribution in [-0.4, -0.2) is 18.5 Å². The third-order valence-electron chi connectivity index (χ3n) is 4.59. The molecule has 152 valence electrons. The van der Waals surface area contributed by atoms with Crippen molar-refractivity contribution in [1.29, 1.82) is 0 Å². The molecular formula is C23H36O4. The van der Waals surface area contributed by atoms with Gasteiger partial charge in [0.1, 0.15) is 5.75 Å². The summed E-state index contributed by atoms with van der Waals surface area (Å²) in [7, 11) is 0. The standard InChI is InChI=1S/C23H36O4/c1-4-5-6-7-8-9-10-11-17-26-22(24)13-12-14-23(25)27-21-18-19(2)15-16-20(21)3/h15-16,18H,4-14,17H2,1-3H3. The fourth-order valence-corrected chi connectivity index (χ4v) is 2.86. The molecule has 4 heteroatoms. The van der Waals surface area contributed by atoms with Crippen molar-refractivity contribution in [3.63, 3.8) is 0 Å². The Balaban J connectivity index is 2.03. The number of hydrogen-bond acceptors (Lipinski definition) is 4. The molecule has 0 atom stereocenters. The van der Waals surface area contributed by atoms with Crippen molar-refractivity contribution in [2.24, 2.45) is 0 Å². The summed E-state index contributed by atoms with van der Waals surface area (Å²) in [5.74, 6) is 0.0642. The molecule has 0 heterocycles. The number of carbonyl (C=O) groups is 2. The summed E-state index contributed by atoms with van der Waals surface area (Å²) in [5.41, 5.74) is 1.98. The highest BCUT2D eigenvalue weighted by atomic mass is 16.5. The third kappa shape index (κ3) is 11.5. The Kier molecular flexibility index (Phi) is 12.2. The van der Waals surface area contributed by atoms with Crippen LogP contribution in [0.1, 0.15) is 88.7 Å². The molecule has 0 fully saturated rings. The minimum Gasteiger partial charge on any atom is -0.466 e. The maximum absolute atomic E-state index is 11.9. The van der Waals surface area contributed by atoms with E-state index in [0.717, 1.165) is 24.0 Å². The first-order valence-electron chi connectivity index (χ1n) is 10.5. The molecule has 1 aromatic carbocycles. The zero-order valence-corrected chi connectivity index (χ0v) is 17.4. The van der Waals surface area contributed by atoms with Crippen LogP contribution in [0.25, 0.3) is 0 Å². The third-order valence-corrected chi connectivity index (χ3v) is 4.59. The Morgan fingerprint density at radius 2 is 1.44 bits per heavy atom. The second-order valence-electron chi connectivity index (χ2n) is 7.29. The van der Waals surface area contributed by atoms with Crippen LogP contribution in [0.2, 0.25) is 0 Å². The zero-order valence-electron chi connectivity index (χ0n) is 17.4. The molecule has 4 nitrogen and oxygen atoms in total. The van der Waals surface area contributed by atoms with Crippen LogP contribution in [0.5, 0.6) is 5.75 Å². The molecule has 0 N–H and O–H groups in total. The Labute approximate surface area is 164 Å². The maximum Gasteiger partial charge on any atom is 0.311 e. The molecular weight excluding hydrogens is 340 g/mol. The summed E-state index contributed by atoms with van der Waals surface area (Å²) in [6.45, 7) is 6.58. The van der Waals surface area contributed by atoms with Crippen molar-refractivity contribution < 1.29 is 19.1 Å². The van der Waals surface area contributed by atoms with Gasteiger partial charge >= 0.3 is 11.9 Å². The second-order valence-corrected chi connectivity index (χ2v) is 7.29. The summed E-state index contributed by atoms with van der Waals surface area (Å²) in [6.07, 6.45) is 10.7. The summed E-state index contributed by atoms with van der Waals surface area (Å²) in [5, 5.41) is 0. The summed E-state index contributed by atoms with van der Waals surface area (Å²) >= 11 is 0. The van der Waals surface area contributed by atoms with Crippen LogP contribution in [0.15, 0.2) is 18.2 Å². The lowest BCUT2D eigenvalue weighted by Crippen LogP contribution is -2.11. The largest absolute Gasteiger partial charge is 0.466 e. The molecule has 0 bridgehead atoms. The lowest BCUT2D eigenvalue weighted by molar-refractivity contribution is -0.144. The molecule has 0 aliphatic heterocycles. The lowest BCUT2D eigenvalue weighted by atomic mass is 10.1. The molecule has 0 spiro atoms. The Bertz CT molecular complexity index is 565. The normalized spacial score (nSPS) is 10.6. The van der Waals surface area contributed by atoms with Gasteiger partial charge in [-0.1, -0.05) is 64.0 Å². The van der Waals surface area contributed by atoms with Crippen LogP contribution in [0.3, 0.4) is 0 Å². The van der Waals surface area contributed by atoms with Gasteiger partial charge in [0.05, 0.1) is 6.61 Å². The summed E-state index contributed by atoms with van der Waals surface area (Å²) in [4.78, 5) is 23.6. The fraction of sp³-hybridized carbons (Fsp3) is 0.652. The van der Waals surface area contributed by atoms with E-state index in [1.54, 1.807) is 0 Å². The molecule has 27 heavy (non-hydrogen) atoms. The van der Waals surface area contributed by atoms with Gasteiger partial charge in [-0.25, -0.2) is 0 Å². The second kappa shape index (κ2) is 14.2. The van der Waals surface area contributed by atoms with Crippen molar-refractivity contribution in [2.45, 2.75) is 91.4 Å². The van der Waals surface area contributed by atoms with Crippen molar-refractivity contribution in [2.75, 3.05) is 6.61 Å². The van der Waals surface area contributed by atoms with Crippen LogP contribution in [0, 0.1) is 13.8 Å². The molecule has 0 aliphatic carbocycles. The predicted octanol–water partition coefficient (Wildman–Crippen LogP) is 6.06. The molecule has 0 aliphatic rings. The van der Waals surface area contributed by atoms with Gasteiger partial charge in [-0.05, 0) is 43.9 Å². The van der Waals surface area contributed by atoms with Gasteiger partial charge in [-0.2, -0.15) is 0 Å². The highest BCUT2D eigenvalue weighted by Crippen LogP contribution is 2.20. The average molecular weight is 377 g/mol. The number of benzene rings is 1. The van der Waals surface area contributed by atoms with Crippen molar-refractivity contribution >= 4 is 11.9 Å². The molecule has 1 rings (SSSR count). The van der Waals surface area contributed by atoms with E-state index in [0.29, 0.717) is 18.8 Å². The number of esters is 2. The van der Waals surface area contributed by atoms with Crippen LogP contribution >= 0.6 is 0 Å². The van der Waals surface area contributed by atoms with Gasteiger partial charge in [-0.3, -0.25) is 9.59 Å². The summed E-state index contributed by atoms with van der Waals surface area (Å²) in [6, 6.07) is 5.76. The van der Waals surface area contributed by atoms with Gasteiger partial charge in [-0.15, -0.1) is 0 Å². The van der Waals surface area contributed by atoms with E-state index >= 15 is 0 Å². The van der Waals surface area contributed by atoms with Crippen molar-refractivity contribution in [1.82, 2.24) is 0 Å². The molecule has 0 unspecified atom stereocenters. The van der Waals surface area contributed by atoms with Crippen molar-refractivity contribution in [3.05, 3.63) is 29.3 Å². The van der Waals surface area contributed by atoms with Gasteiger partial charge < -0.3 is 9.47 Å². The highest BCUT2D eigenvalue weighted by molar-refractivity contribution is 5.74. The number of ether oxygens (including phenoxy) is 2. The number of unbranched alkanes of at least 4 members (excludes halogenated alkanes) is 7. The SMILES string of the molecule is CCCCCCCCCCOC(=O)CCCC(=O)Oc1cc(C)ccc1C. The van der Waals surface area contributed by atoms with E-state index in [-0.39, 0.29) is 24.8 Å². The number of hydrogen-bond donors (Lipinski definition) is 0. The lowest BCUT2D eigenvalue weighted by Gasteiger charge is -2.08. The Morgan fingerprint density at radius 1 is 0.815 bits per heavy atom. The first-order chi connectivity index (χ1) is 13.0. The number of aryl methyl sites for hydroxylation is 2. The van der Waals surface area contributed by atoms with Gasteiger partial charge in [0.15, 0.2) is 0 Å². The van der Waals surface area contributed by atoms with E-state index in [2.05, 4.69) is 6.92 Å². The van der Waals surface area contributed by atoms with Crippen molar-refractivity contribution in [3.8, 4) is 5.75 Å². The van der Waals surface area contributed by atoms with E-state index in [1.807, 2.05) is 32.0 Å². The zero-order chi connectivity index (χ0) is 19.9. The van der Waals surface area contributed by atoms with Crippen LogP contribution in [0.4, 0.5) is 0 Å². The summed E-state index contributed by atoms with van der Waals surface area (Å²) < 4.78 is 10.6. The molecule has 0 aromatic heterocycles. The van der Waals surface area contributed by atoms with E-state index in [9.17, 15) is 9.59 Å².